The molecule has 21 heavy (non-hydrogen) atoms. The molecule has 2 N–H and O–H groups in total. The van der Waals surface area contributed by atoms with Gasteiger partial charge in [0, 0.05) is 12.5 Å². The predicted molar refractivity (Wildman–Crippen MR) is 81.9 cm³/mol. The lowest BCUT2D eigenvalue weighted by Crippen LogP contribution is -2.40. The first-order valence-electron chi connectivity index (χ1n) is 8.51. The van der Waals surface area contributed by atoms with Crippen molar-refractivity contribution in [1.29, 1.82) is 0 Å². The summed E-state index contributed by atoms with van der Waals surface area (Å²) in [5.74, 6) is -1.10. The quantitative estimate of drug-likeness (QED) is 0.782. The Balaban J connectivity index is 1.82. The van der Waals surface area contributed by atoms with Crippen LogP contribution < -0.4 is 5.32 Å². The molecule has 4 heteroatoms. The van der Waals surface area contributed by atoms with Gasteiger partial charge in [-0.25, -0.2) is 0 Å². The summed E-state index contributed by atoms with van der Waals surface area (Å²) in [5.41, 5.74) is 0.229. The summed E-state index contributed by atoms with van der Waals surface area (Å²) in [7, 11) is 0. The van der Waals surface area contributed by atoms with E-state index in [1.807, 2.05) is 0 Å². The van der Waals surface area contributed by atoms with Crippen molar-refractivity contribution in [2.45, 2.75) is 71.1 Å². The molecule has 0 spiro atoms. The average Bonchev–Trinajstić information content (AvgIpc) is 2.70. The molecule has 2 saturated carbocycles. The molecule has 0 saturated heterocycles. The average molecular weight is 295 g/mol. The Morgan fingerprint density at radius 1 is 1.05 bits per heavy atom. The van der Waals surface area contributed by atoms with Crippen molar-refractivity contribution in [2.24, 2.45) is 17.3 Å². The van der Waals surface area contributed by atoms with Gasteiger partial charge in [-0.3, -0.25) is 9.59 Å². The van der Waals surface area contributed by atoms with Gasteiger partial charge in [0.2, 0.25) is 5.91 Å². The first-order valence-corrected chi connectivity index (χ1v) is 8.51. The van der Waals surface area contributed by atoms with Crippen LogP contribution in [-0.4, -0.2) is 23.5 Å². The van der Waals surface area contributed by atoms with Crippen molar-refractivity contribution in [2.75, 3.05) is 6.54 Å². The second-order valence-corrected chi connectivity index (χ2v) is 7.34. The largest absolute Gasteiger partial charge is 0.481 e. The van der Waals surface area contributed by atoms with E-state index in [1.165, 1.54) is 38.5 Å². The molecule has 2 unspecified atom stereocenters. The highest BCUT2D eigenvalue weighted by molar-refractivity contribution is 5.80. The Labute approximate surface area is 127 Å². The summed E-state index contributed by atoms with van der Waals surface area (Å²) in [6.45, 7) is 3.03. The second kappa shape index (κ2) is 7.28. The maximum Gasteiger partial charge on any atom is 0.306 e. The van der Waals surface area contributed by atoms with Crippen LogP contribution in [0.15, 0.2) is 0 Å². The molecule has 0 aromatic carbocycles. The molecule has 2 aliphatic rings. The minimum absolute atomic E-state index is 0.0754. The monoisotopic (exact) mass is 295 g/mol. The molecule has 4 nitrogen and oxygen atoms in total. The zero-order valence-corrected chi connectivity index (χ0v) is 13.2. The summed E-state index contributed by atoms with van der Waals surface area (Å²) in [5, 5.41) is 12.2. The number of carboxylic acids is 1. The van der Waals surface area contributed by atoms with E-state index in [2.05, 4.69) is 12.2 Å². The van der Waals surface area contributed by atoms with Crippen LogP contribution in [0.1, 0.15) is 71.1 Å². The maximum atomic E-state index is 12.3. The molecule has 2 fully saturated rings. The third-order valence-electron chi connectivity index (χ3n) is 5.39. The van der Waals surface area contributed by atoms with E-state index in [9.17, 15) is 9.59 Å². The van der Waals surface area contributed by atoms with Gasteiger partial charge in [-0.1, -0.05) is 39.0 Å². The minimum atomic E-state index is -0.747. The maximum absolute atomic E-state index is 12.3. The van der Waals surface area contributed by atoms with E-state index in [1.54, 1.807) is 0 Å². The molecule has 0 aliphatic heterocycles. The van der Waals surface area contributed by atoms with Gasteiger partial charge in [0.1, 0.15) is 0 Å². The van der Waals surface area contributed by atoms with Crippen LogP contribution >= 0.6 is 0 Å². The summed E-state index contributed by atoms with van der Waals surface area (Å²) < 4.78 is 0. The summed E-state index contributed by atoms with van der Waals surface area (Å²) in [6.07, 6.45) is 10.4. The van der Waals surface area contributed by atoms with Crippen LogP contribution in [0.5, 0.6) is 0 Å². The lowest BCUT2D eigenvalue weighted by atomic mass is 9.80. The van der Waals surface area contributed by atoms with Gasteiger partial charge in [-0.05, 0) is 37.5 Å². The SMILES string of the molecule is CC1(CNC(=O)C2CCCC(C(=O)O)C2)CCCCCC1. The number of carboxylic acid groups (broad SMARTS) is 1. The van der Waals surface area contributed by atoms with E-state index in [4.69, 9.17) is 5.11 Å². The molecule has 0 aromatic heterocycles. The van der Waals surface area contributed by atoms with E-state index in [0.29, 0.717) is 6.42 Å². The second-order valence-electron chi connectivity index (χ2n) is 7.34. The Morgan fingerprint density at radius 2 is 1.67 bits per heavy atom. The Bertz CT molecular complexity index is 372. The standard InChI is InChI=1S/C17H29NO3/c1-17(9-4-2-3-5-10-17)12-18-15(19)13-7-6-8-14(11-13)16(20)21/h13-14H,2-12H2,1H3,(H,18,19)(H,20,21). The van der Waals surface area contributed by atoms with Crippen molar-refractivity contribution in [1.82, 2.24) is 5.32 Å². The van der Waals surface area contributed by atoms with Crippen LogP contribution in [0, 0.1) is 17.3 Å². The Kier molecular flexibility index (Phi) is 5.65. The molecule has 1 amide bonds. The smallest absolute Gasteiger partial charge is 0.306 e. The topological polar surface area (TPSA) is 66.4 Å². The molecule has 2 atom stereocenters. The van der Waals surface area contributed by atoms with Crippen LogP contribution in [-0.2, 0) is 9.59 Å². The Hall–Kier alpha value is -1.06. The zero-order valence-electron chi connectivity index (χ0n) is 13.2. The number of amides is 1. The van der Waals surface area contributed by atoms with Gasteiger partial charge in [-0.15, -0.1) is 0 Å². The van der Waals surface area contributed by atoms with E-state index in [0.717, 1.165) is 25.8 Å². The molecule has 120 valence electrons. The van der Waals surface area contributed by atoms with Crippen molar-refractivity contribution in [3.8, 4) is 0 Å². The molecule has 2 aliphatic carbocycles. The highest BCUT2D eigenvalue weighted by atomic mass is 16.4. The zero-order chi connectivity index (χ0) is 15.3. The van der Waals surface area contributed by atoms with Crippen LogP contribution in [0.2, 0.25) is 0 Å². The number of hydrogen-bond acceptors (Lipinski definition) is 2. The van der Waals surface area contributed by atoms with Crippen molar-refractivity contribution in [3.63, 3.8) is 0 Å². The molecular formula is C17H29NO3. The highest BCUT2D eigenvalue weighted by Gasteiger charge is 2.32. The fraction of sp³-hybridized carbons (Fsp3) is 0.882. The fourth-order valence-electron chi connectivity index (χ4n) is 3.86. The van der Waals surface area contributed by atoms with Gasteiger partial charge < -0.3 is 10.4 Å². The van der Waals surface area contributed by atoms with Gasteiger partial charge >= 0.3 is 5.97 Å². The van der Waals surface area contributed by atoms with Gasteiger partial charge in [-0.2, -0.15) is 0 Å². The number of rotatable bonds is 4. The van der Waals surface area contributed by atoms with Crippen molar-refractivity contribution < 1.29 is 14.7 Å². The number of hydrogen-bond donors (Lipinski definition) is 2. The lowest BCUT2D eigenvalue weighted by molar-refractivity contribution is -0.144. The first kappa shape index (κ1) is 16.3. The predicted octanol–water partition coefficient (Wildman–Crippen LogP) is 3.35. The third-order valence-corrected chi connectivity index (χ3v) is 5.39. The van der Waals surface area contributed by atoms with E-state index < -0.39 is 5.97 Å². The third kappa shape index (κ3) is 4.72. The molecule has 0 bridgehead atoms. The molecule has 0 heterocycles. The van der Waals surface area contributed by atoms with Crippen LogP contribution in [0.3, 0.4) is 0 Å². The first-order chi connectivity index (χ1) is 10.0. The van der Waals surface area contributed by atoms with Crippen molar-refractivity contribution >= 4 is 11.9 Å². The number of aliphatic carboxylic acids is 1. The number of carbonyl (C=O) groups is 2. The molecule has 0 aromatic rings. The van der Waals surface area contributed by atoms with E-state index in [-0.39, 0.29) is 23.2 Å². The molecule has 2 rings (SSSR count). The minimum Gasteiger partial charge on any atom is -0.481 e. The summed E-state index contributed by atoms with van der Waals surface area (Å²) in [4.78, 5) is 23.4. The summed E-state index contributed by atoms with van der Waals surface area (Å²) >= 11 is 0. The summed E-state index contributed by atoms with van der Waals surface area (Å²) in [6, 6.07) is 0. The number of carbonyl (C=O) groups excluding carboxylic acids is 1. The number of nitrogens with one attached hydrogen (secondary N) is 1. The van der Waals surface area contributed by atoms with E-state index >= 15 is 0 Å². The Morgan fingerprint density at radius 3 is 2.29 bits per heavy atom. The van der Waals surface area contributed by atoms with Crippen molar-refractivity contribution in [3.05, 3.63) is 0 Å². The molecule has 0 radical (unpaired) electrons. The van der Waals surface area contributed by atoms with Gasteiger partial charge in [0.25, 0.3) is 0 Å². The van der Waals surface area contributed by atoms with Crippen LogP contribution in [0.4, 0.5) is 0 Å². The van der Waals surface area contributed by atoms with Gasteiger partial charge in [0.15, 0.2) is 0 Å². The molecular weight excluding hydrogens is 266 g/mol. The van der Waals surface area contributed by atoms with Gasteiger partial charge in [0.05, 0.1) is 5.92 Å². The normalized spacial score (nSPS) is 29.4. The fourth-order valence-corrected chi connectivity index (χ4v) is 3.86. The lowest BCUT2D eigenvalue weighted by Gasteiger charge is -2.31. The van der Waals surface area contributed by atoms with Crippen LogP contribution in [0.25, 0.3) is 0 Å². The highest BCUT2D eigenvalue weighted by Crippen LogP contribution is 2.34.